The number of aromatic nitrogens is 1. The zero-order valence-electron chi connectivity index (χ0n) is 13.2. The summed E-state index contributed by atoms with van der Waals surface area (Å²) in [5.74, 6) is -0.0755. The molecule has 1 heterocycles. The molecule has 1 N–H and O–H groups in total. The second-order valence-electron chi connectivity index (χ2n) is 5.36. The Morgan fingerprint density at radius 3 is 2.17 bits per heavy atom. The van der Waals surface area contributed by atoms with Crippen LogP contribution in [0.2, 0.25) is 0 Å². The van der Waals surface area contributed by atoms with Crippen LogP contribution in [-0.2, 0) is 0 Å². The van der Waals surface area contributed by atoms with E-state index in [1.807, 2.05) is 25.1 Å². The Balaban J connectivity index is 1.91. The van der Waals surface area contributed by atoms with Crippen LogP contribution >= 0.6 is 0 Å². The van der Waals surface area contributed by atoms with Crippen molar-refractivity contribution >= 4 is 17.5 Å². The van der Waals surface area contributed by atoms with Crippen LogP contribution < -0.4 is 5.32 Å². The van der Waals surface area contributed by atoms with Gasteiger partial charge in [-0.3, -0.25) is 9.59 Å². The van der Waals surface area contributed by atoms with Gasteiger partial charge in [-0.1, -0.05) is 54.6 Å². The molecule has 0 fully saturated rings. The summed E-state index contributed by atoms with van der Waals surface area (Å²) >= 11 is 0. The predicted molar refractivity (Wildman–Crippen MR) is 93.2 cm³/mol. The number of anilines is 1. The second kappa shape index (κ2) is 6.87. The molecular formula is C20H16N2O2. The van der Waals surface area contributed by atoms with E-state index in [4.69, 9.17) is 0 Å². The Hall–Kier alpha value is -3.27. The van der Waals surface area contributed by atoms with E-state index < -0.39 is 0 Å². The van der Waals surface area contributed by atoms with E-state index in [-0.39, 0.29) is 11.7 Å². The van der Waals surface area contributed by atoms with Gasteiger partial charge in [-0.2, -0.15) is 0 Å². The average Bonchev–Trinajstić information content (AvgIpc) is 2.62. The summed E-state index contributed by atoms with van der Waals surface area (Å²) in [4.78, 5) is 29.5. The molecule has 1 aromatic heterocycles. The molecule has 4 heteroatoms. The predicted octanol–water partition coefficient (Wildman–Crippen LogP) is 3.87. The molecule has 0 radical (unpaired) electrons. The van der Waals surface area contributed by atoms with Gasteiger partial charge in [0.2, 0.25) is 0 Å². The maximum atomic E-state index is 12.7. The van der Waals surface area contributed by atoms with Crippen LogP contribution in [0.25, 0.3) is 0 Å². The molecule has 118 valence electrons. The third-order valence-corrected chi connectivity index (χ3v) is 3.58. The van der Waals surface area contributed by atoms with Gasteiger partial charge in [-0.15, -0.1) is 0 Å². The van der Waals surface area contributed by atoms with E-state index in [1.165, 1.54) is 0 Å². The van der Waals surface area contributed by atoms with Crippen LogP contribution in [0.3, 0.4) is 0 Å². The van der Waals surface area contributed by atoms with E-state index in [0.717, 1.165) is 5.69 Å². The molecule has 0 spiro atoms. The van der Waals surface area contributed by atoms with Crippen molar-refractivity contribution in [1.82, 2.24) is 4.98 Å². The summed E-state index contributed by atoms with van der Waals surface area (Å²) in [5, 5.41) is 2.74. The van der Waals surface area contributed by atoms with Crippen molar-refractivity contribution in [1.29, 1.82) is 0 Å². The van der Waals surface area contributed by atoms with Gasteiger partial charge in [0.25, 0.3) is 5.91 Å². The standard InChI is InChI=1S/C20H16N2O2/c1-14-8-7-13-18(21-14)22-20(24)17-12-6-5-11-16(17)19(23)15-9-3-2-4-10-15/h2-13H,1H3,(H,21,22,24). The summed E-state index contributed by atoms with van der Waals surface area (Å²) in [6.45, 7) is 1.85. The van der Waals surface area contributed by atoms with Gasteiger partial charge in [0.1, 0.15) is 5.82 Å². The van der Waals surface area contributed by atoms with E-state index in [1.54, 1.807) is 54.6 Å². The highest BCUT2D eigenvalue weighted by atomic mass is 16.2. The van der Waals surface area contributed by atoms with Gasteiger partial charge in [-0.25, -0.2) is 4.98 Å². The number of ketones is 1. The first kappa shape index (κ1) is 15.6. The largest absolute Gasteiger partial charge is 0.307 e. The molecule has 0 saturated heterocycles. The first-order chi connectivity index (χ1) is 11.6. The molecule has 0 unspecified atom stereocenters. The smallest absolute Gasteiger partial charge is 0.257 e. The summed E-state index contributed by atoms with van der Waals surface area (Å²) in [5.41, 5.74) is 2.05. The Kier molecular flexibility index (Phi) is 4.47. The summed E-state index contributed by atoms with van der Waals surface area (Å²) in [7, 11) is 0. The fourth-order valence-corrected chi connectivity index (χ4v) is 2.42. The Morgan fingerprint density at radius 1 is 0.792 bits per heavy atom. The quantitative estimate of drug-likeness (QED) is 0.743. The molecule has 0 atom stereocenters. The third kappa shape index (κ3) is 3.38. The Morgan fingerprint density at radius 2 is 1.46 bits per heavy atom. The maximum absolute atomic E-state index is 12.7. The lowest BCUT2D eigenvalue weighted by Crippen LogP contribution is -2.17. The molecule has 24 heavy (non-hydrogen) atoms. The number of nitrogens with one attached hydrogen (secondary N) is 1. The van der Waals surface area contributed by atoms with Crippen molar-refractivity contribution in [2.45, 2.75) is 6.92 Å². The zero-order chi connectivity index (χ0) is 16.9. The van der Waals surface area contributed by atoms with Crippen LogP contribution in [0.1, 0.15) is 32.0 Å². The Bertz CT molecular complexity index is 889. The molecular weight excluding hydrogens is 300 g/mol. The molecule has 0 saturated carbocycles. The first-order valence-electron chi connectivity index (χ1n) is 7.59. The molecule has 1 amide bonds. The highest BCUT2D eigenvalue weighted by molar-refractivity contribution is 6.17. The van der Waals surface area contributed by atoms with Gasteiger partial charge >= 0.3 is 0 Å². The number of aryl methyl sites for hydroxylation is 1. The highest BCUT2D eigenvalue weighted by Crippen LogP contribution is 2.16. The number of carbonyl (C=O) groups is 2. The number of benzene rings is 2. The molecule has 0 aliphatic carbocycles. The van der Waals surface area contributed by atoms with Crippen LogP contribution in [0, 0.1) is 6.92 Å². The minimum Gasteiger partial charge on any atom is -0.307 e. The van der Waals surface area contributed by atoms with Crippen molar-refractivity contribution in [3.05, 3.63) is 95.2 Å². The fraction of sp³-hybridized carbons (Fsp3) is 0.0500. The third-order valence-electron chi connectivity index (χ3n) is 3.58. The minimum absolute atomic E-state index is 0.182. The molecule has 0 aliphatic heterocycles. The number of hydrogen-bond donors (Lipinski definition) is 1. The molecule has 2 aromatic carbocycles. The molecule has 0 bridgehead atoms. The first-order valence-corrected chi connectivity index (χ1v) is 7.59. The van der Waals surface area contributed by atoms with Crippen molar-refractivity contribution in [3.63, 3.8) is 0 Å². The summed E-state index contributed by atoms with van der Waals surface area (Å²) < 4.78 is 0. The topological polar surface area (TPSA) is 59.1 Å². The number of amides is 1. The van der Waals surface area contributed by atoms with Crippen LogP contribution in [0.15, 0.2) is 72.8 Å². The van der Waals surface area contributed by atoms with E-state index in [0.29, 0.717) is 22.5 Å². The normalized spacial score (nSPS) is 10.2. The SMILES string of the molecule is Cc1cccc(NC(=O)c2ccccc2C(=O)c2ccccc2)n1. The second-order valence-corrected chi connectivity index (χ2v) is 5.36. The molecule has 3 aromatic rings. The van der Waals surface area contributed by atoms with Gasteiger partial charge in [-0.05, 0) is 25.1 Å². The number of pyridine rings is 1. The number of rotatable bonds is 4. The van der Waals surface area contributed by atoms with Crippen molar-refractivity contribution < 1.29 is 9.59 Å². The van der Waals surface area contributed by atoms with Gasteiger partial charge in [0.15, 0.2) is 5.78 Å². The zero-order valence-corrected chi connectivity index (χ0v) is 13.2. The minimum atomic E-state index is -0.354. The van der Waals surface area contributed by atoms with Crippen molar-refractivity contribution in [2.75, 3.05) is 5.32 Å². The molecule has 3 rings (SSSR count). The number of nitrogens with zero attached hydrogens (tertiary/aromatic N) is 1. The van der Waals surface area contributed by atoms with Crippen LogP contribution in [0.4, 0.5) is 5.82 Å². The fourth-order valence-electron chi connectivity index (χ4n) is 2.42. The maximum Gasteiger partial charge on any atom is 0.257 e. The summed E-state index contributed by atoms with van der Waals surface area (Å²) in [6.07, 6.45) is 0. The highest BCUT2D eigenvalue weighted by Gasteiger charge is 2.18. The number of carbonyl (C=O) groups excluding carboxylic acids is 2. The van der Waals surface area contributed by atoms with Gasteiger partial charge in [0.05, 0.1) is 5.56 Å². The lowest BCUT2D eigenvalue weighted by Gasteiger charge is -2.09. The molecule has 4 nitrogen and oxygen atoms in total. The van der Waals surface area contributed by atoms with Crippen LogP contribution in [0.5, 0.6) is 0 Å². The van der Waals surface area contributed by atoms with Crippen LogP contribution in [-0.4, -0.2) is 16.7 Å². The lowest BCUT2D eigenvalue weighted by atomic mass is 9.98. The van der Waals surface area contributed by atoms with Crippen molar-refractivity contribution in [3.8, 4) is 0 Å². The Labute approximate surface area is 140 Å². The van der Waals surface area contributed by atoms with Gasteiger partial charge in [0, 0.05) is 16.8 Å². The average molecular weight is 316 g/mol. The van der Waals surface area contributed by atoms with E-state index in [2.05, 4.69) is 10.3 Å². The van der Waals surface area contributed by atoms with Crippen molar-refractivity contribution in [2.24, 2.45) is 0 Å². The van der Waals surface area contributed by atoms with E-state index >= 15 is 0 Å². The van der Waals surface area contributed by atoms with Gasteiger partial charge < -0.3 is 5.32 Å². The summed E-state index contributed by atoms with van der Waals surface area (Å²) in [6, 6.07) is 21.1. The molecule has 0 aliphatic rings. The number of hydrogen-bond acceptors (Lipinski definition) is 3. The lowest BCUT2D eigenvalue weighted by molar-refractivity contribution is 0.0996. The monoisotopic (exact) mass is 316 g/mol. The van der Waals surface area contributed by atoms with E-state index in [9.17, 15) is 9.59 Å².